The van der Waals surface area contributed by atoms with Gasteiger partial charge in [0.25, 0.3) is 0 Å². The molecule has 0 unspecified atom stereocenters. The molecule has 10 nitrogen and oxygen atoms in total. The van der Waals surface area contributed by atoms with Crippen LogP contribution >= 0.6 is 11.6 Å². The molecular formula is C27H42ClN7O3. The first kappa shape index (κ1) is 29.9. The van der Waals surface area contributed by atoms with Gasteiger partial charge in [0.15, 0.2) is 0 Å². The summed E-state index contributed by atoms with van der Waals surface area (Å²) >= 11 is 6.62. The van der Waals surface area contributed by atoms with Crippen LogP contribution in [0, 0.1) is 11.3 Å². The molecule has 0 amide bonds. The molecule has 3 aliphatic rings. The van der Waals surface area contributed by atoms with Gasteiger partial charge in [-0.1, -0.05) is 25.4 Å². The van der Waals surface area contributed by atoms with Gasteiger partial charge >= 0.3 is 5.97 Å². The number of halogens is 1. The Bertz CT molecular complexity index is 1070. The fourth-order valence-electron chi connectivity index (χ4n) is 4.88. The molecule has 4 N–H and O–H groups in total. The van der Waals surface area contributed by atoms with Crippen molar-refractivity contribution in [2.45, 2.75) is 45.2 Å². The van der Waals surface area contributed by atoms with Crippen LogP contribution in [0.2, 0.25) is 5.02 Å². The average molecular weight is 548 g/mol. The molecule has 11 heteroatoms. The van der Waals surface area contributed by atoms with Crippen LogP contribution in [-0.2, 0) is 9.53 Å². The maximum Gasteiger partial charge on any atom is 0.306 e. The van der Waals surface area contributed by atoms with Crippen LogP contribution in [0.3, 0.4) is 0 Å². The third kappa shape index (κ3) is 6.66. The third-order valence-electron chi connectivity index (χ3n) is 7.20. The first-order valence-electron chi connectivity index (χ1n) is 13.3. The summed E-state index contributed by atoms with van der Waals surface area (Å²) in [5.74, 6) is -1.02. The summed E-state index contributed by atoms with van der Waals surface area (Å²) in [6.07, 6.45) is 6.12. The van der Waals surface area contributed by atoms with Crippen molar-refractivity contribution in [2.75, 3.05) is 63.7 Å². The van der Waals surface area contributed by atoms with Crippen LogP contribution in [0.4, 0.5) is 17.1 Å². The number of hydrogen-bond acceptors (Lipinski definition) is 8. The first-order chi connectivity index (χ1) is 18.3. The predicted molar refractivity (Wildman–Crippen MR) is 154 cm³/mol. The van der Waals surface area contributed by atoms with E-state index < -0.39 is 5.97 Å². The van der Waals surface area contributed by atoms with Crippen LogP contribution in [0.5, 0.6) is 0 Å². The summed E-state index contributed by atoms with van der Waals surface area (Å²) in [4.78, 5) is 15.9. The van der Waals surface area contributed by atoms with Gasteiger partial charge in [-0.05, 0) is 46.0 Å². The van der Waals surface area contributed by atoms with Crippen molar-refractivity contribution in [3.63, 3.8) is 0 Å². The lowest BCUT2D eigenvalue weighted by Crippen LogP contribution is -2.64. The van der Waals surface area contributed by atoms with E-state index in [4.69, 9.17) is 26.9 Å². The second kappa shape index (κ2) is 13.4. The van der Waals surface area contributed by atoms with Crippen molar-refractivity contribution >= 4 is 40.8 Å². The molecular weight excluding hydrogens is 506 g/mol. The molecule has 5 rings (SSSR count). The number of carbonyl (C=O) groups is 1. The standard InChI is InChI=1S/C23H29ClN6O3.C2H7N.C2H6/c1-23(13-33-14-23)29-4-2-28(3-5-29)21-9-20(16(10-25)8-19(21)24)27-17-11-26-30(12-17)18-6-15(7-18)22(31)32;1-3-2;1-2/h8-12,15,18,25,27H,2-7,13-14H2,1H3,(H,31,32);3H,1-2H3;1-2H3. The lowest BCUT2D eigenvalue weighted by Gasteiger charge is -2.50. The van der Waals surface area contributed by atoms with Gasteiger partial charge in [0.2, 0.25) is 0 Å². The lowest BCUT2D eigenvalue weighted by atomic mass is 9.80. The largest absolute Gasteiger partial charge is 0.481 e. The third-order valence-corrected chi connectivity index (χ3v) is 7.50. The fourth-order valence-corrected chi connectivity index (χ4v) is 5.17. The summed E-state index contributed by atoms with van der Waals surface area (Å²) in [6, 6.07) is 3.95. The van der Waals surface area contributed by atoms with Crippen molar-refractivity contribution in [1.29, 1.82) is 5.41 Å². The predicted octanol–water partition coefficient (Wildman–Crippen LogP) is 4.09. The minimum Gasteiger partial charge on any atom is -0.481 e. The maximum absolute atomic E-state index is 11.1. The molecule has 210 valence electrons. The normalized spacial score (nSPS) is 22.0. The Hall–Kier alpha value is -2.66. The molecule has 1 aliphatic carbocycles. The molecule has 3 fully saturated rings. The van der Waals surface area contributed by atoms with E-state index in [9.17, 15) is 4.79 Å². The molecule has 1 saturated carbocycles. The molecule has 0 spiro atoms. The van der Waals surface area contributed by atoms with Gasteiger partial charge in [-0.2, -0.15) is 5.10 Å². The highest BCUT2D eigenvalue weighted by Crippen LogP contribution is 2.39. The number of benzene rings is 1. The van der Waals surface area contributed by atoms with Crippen molar-refractivity contribution in [3.8, 4) is 0 Å². The molecule has 38 heavy (non-hydrogen) atoms. The summed E-state index contributed by atoms with van der Waals surface area (Å²) in [5, 5.41) is 28.1. The quantitative estimate of drug-likeness (QED) is 0.383. The van der Waals surface area contributed by atoms with Crippen LogP contribution in [0.15, 0.2) is 24.5 Å². The topological polar surface area (TPSA) is 119 Å². The molecule has 2 aliphatic heterocycles. The SMILES string of the molecule is CC.CC1(N2CCN(c3cc(Nc4cnn(C5CC(C(=O)O)C5)c4)c(C=N)cc3Cl)CC2)COC1.CNC. The van der Waals surface area contributed by atoms with Crippen LogP contribution < -0.4 is 15.5 Å². The van der Waals surface area contributed by atoms with Gasteiger partial charge < -0.3 is 30.8 Å². The number of hydrogen-bond donors (Lipinski definition) is 4. The highest BCUT2D eigenvalue weighted by Gasteiger charge is 2.40. The number of rotatable bonds is 7. The van der Waals surface area contributed by atoms with E-state index in [2.05, 4.69) is 32.5 Å². The average Bonchev–Trinajstić information content (AvgIpc) is 3.32. The second-order valence-electron chi connectivity index (χ2n) is 9.99. The number of piperazine rings is 1. The van der Waals surface area contributed by atoms with Gasteiger partial charge in [0.05, 0.1) is 53.3 Å². The molecule has 0 radical (unpaired) electrons. The minimum absolute atomic E-state index is 0.115. The van der Waals surface area contributed by atoms with Crippen molar-refractivity contribution in [2.24, 2.45) is 5.92 Å². The zero-order valence-corrected chi connectivity index (χ0v) is 23.9. The summed E-state index contributed by atoms with van der Waals surface area (Å²) in [5.41, 5.74) is 3.40. The van der Waals surface area contributed by atoms with Crippen molar-refractivity contribution in [1.82, 2.24) is 20.0 Å². The zero-order chi connectivity index (χ0) is 27.9. The number of carboxylic acid groups (broad SMARTS) is 1. The highest BCUT2D eigenvalue weighted by molar-refractivity contribution is 6.33. The van der Waals surface area contributed by atoms with E-state index in [0.29, 0.717) is 23.4 Å². The maximum atomic E-state index is 11.1. The molecule has 0 atom stereocenters. The second-order valence-corrected chi connectivity index (χ2v) is 10.4. The van der Waals surface area contributed by atoms with E-state index in [0.717, 1.165) is 56.5 Å². The minimum atomic E-state index is -0.739. The molecule has 2 aromatic rings. The Labute approximate surface area is 230 Å². The molecule has 0 bridgehead atoms. The Balaban J connectivity index is 0.000000748. The first-order valence-corrected chi connectivity index (χ1v) is 13.7. The smallest absolute Gasteiger partial charge is 0.306 e. The van der Waals surface area contributed by atoms with E-state index in [1.807, 2.05) is 51.0 Å². The number of aliphatic carboxylic acids is 1. The number of anilines is 3. The Morgan fingerprint density at radius 1 is 1.21 bits per heavy atom. The van der Waals surface area contributed by atoms with Gasteiger partial charge in [-0.15, -0.1) is 0 Å². The molecule has 1 aromatic carbocycles. The zero-order valence-electron chi connectivity index (χ0n) is 23.1. The Morgan fingerprint density at radius 2 is 1.84 bits per heavy atom. The summed E-state index contributed by atoms with van der Waals surface area (Å²) in [6.45, 7) is 11.5. The van der Waals surface area contributed by atoms with E-state index in [-0.39, 0.29) is 17.5 Å². The summed E-state index contributed by atoms with van der Waals surface area (Å²) < 4.78 is 7.25. The Morgan fingerprint density at radius 3 is 2.37 bits per heavy atom. The van der Waals surface area contributed by atoms with Crippen molar-refractivity contribution < 1.29 is 14.6 Å². The monoisotopic (exact) mass is 547 g/mol. The lowest BCUT2D eigenvalue weighted by molar-refractivity contribution is -0.146. The number of carboxylic acids is 1. The van der Waals surface area contributed by atoms with E-state index in [1.54, 1.807) is 6.20 Å². The van der Waals surface area contributed by atoms with Gasteiger partial charge in [0, 0.05) is 49.8 Å². The van der Waals surface area contributed by atoms with Crippen LogP contribution in [0.25, 0.3) is 0 Å². The molecule has 3 heterocycles. The molecule has 2 saturated heterocycles. The fraction of sp³-hybridized carbons (Fsp3) is 0.593. The number of aromatic nitrogens is 2. The van der Waals surface area contributed by atoms with Crippen molar-refractivity contribution in [3.05, 3.63) is 35.1 Å². The summed E-state index contributed by atoms with van der Waals surface area (Å²) in [7, 11) is 3.75. The number of nitrogens with zero attached hydrogens (tertiary/aromatic N) is 4. The van der Waals surface area contributed by atoms with Crippen LogP contribution in [-0.4, -0.2) is 91.0 Å². The molecule has 1 aromatic heterocycles. The van der Waals surface area contributed by atoms with E-state index >= 15 is 0 Å². The van der Waals surface area contributed by atoms with Gasteiger partial charge in [-0.25, -0.2) is 0 Å². The number of ether oxygens (including phenoxy) is 1. The van der Waals surface area contributed by atoms with Gasteiger partial charge in [0.1, 0.15) is 0 Å². The number of nitrogens with one attached hydrogen (secondary N) is 3. The van der Waals surface area contributed by atoms with Gasteiger partial charge in [-0.3, -0.25) is 14.4 Å². The van der Waals surface area contributed by atoms with Crippen LogP contribution in [0.1, 0.15) is 45.2 Å². The van der Waals surface area contributed by atoms with E-state index in [1.165, 1.54) is 6.21 Å². The highest BCUT2D eigenvalue weighted by atomic mass is 35.5. The Kier molecular flexibility index (Phi) is 10.6.